The predicted octanol–water partition coefficient (Wildman–Crippen LogP) is 1.77. The number of rotatable bonds is 0. The minimum atomic E-state index is -2.72. The summed E-state index contributed by atoms with van der Waals surface area (Å²) in [7, 11) is -2.72. The van der Waals surface area contributed by atoms with Crippen LogP contribution in [0.2, 0.25) is 0 Å². The Bertz CT molecular complexity index is 493. The lowest BCUT2D eigenvalue weighted by atomic mass is 9.78. The molecule has 0 aromatic heterocycles. The molecule has 0 saturated carbocycles. The van der Waals surface area contributed by atoms with Crippen LogP contribution in [0.5, 0.6) is 0 Å². The van der Waals surface area contributed by atoms with Crippen molar-refractivity contribution >= 4 is 9.84 Å². The Morgan fingerprint density at radius 1 is 0.870 bits per heavy atom. The number of ether oxygens (including phenoxy) is 1. The van der Waals surface area contributed by atoms with Crippen LogP contribution in [0.25, 0.3) is 0 Å². The van der Waals surface area contributed by atoms with Gasteiger partial charge in [0.05, 0.1) is 30.3 Å². The molecule has 6 heteroatoms. The van der Waals surface area contributed by atoms with Crippen molar-refractivity contribution in [1.29, 1.82) is 0 Å². The van der Waals surface area contributed by atoms with Crippen molar-refractivity contribution in [2.24, 2.45) is 0 Å². The second-order valence-corrected chi connectivity index (χ2v) is 11.4. The first-order chi connectivity index (χ1) is 10.4. The van der Waals surface area contributed by atoms with E-state index in [9.17, 15) is 8.42 Å². The third-order valence-corrected chi connectivity index (χ3v) is 6.83. The highest BCUT2D eigenvalue weighted by molar-refractivity contribution is 7.91. The number of likely N-dealkylation sites (tertiary alicyclic amines) is 1. The molecule has 3 aliphatic heterocycles. The Morgan fingerprint density at radius 2 is 1.39 bits per heavy atom. The van der Waals surface area contributed by atoms with Gasteiger partial charge in [-0.15, -0.1) is 0 Å². The maximum absolute atomic E-state index is 11.1. The van der Waals surface area contributed by atoms with Crippen LogP contribution in [0.15, 0.2) is 0 Å². The monoisotopic (exact) mass is 346 g/mol. The Morgan fingerprint density at radius 3 is 1.61 bits per heavy atom. The molecule has 3 fully saturated rings. The van der Waals surface area contributed by atoms with Crippen LogP contribution in [0.4, 0.5) is 0 Å². The first kappa shape index (κ1) is 19.2. The van der Waals surface area contributed by atoms with Crippen LogP contribution in [0.3, 0.4) is 0 Å². The van der Waals surface area contributed by atoms with Gasteiger partial charge in [0.15, 0.2) is 9.84 Å². The zero-order chi connectivity index (χ0) is 17.5. The van der Waals surface area contributed by atoms with E-state index in [1.165, 1.54) is 13.0 Å². The van der Waals surface area contributed by atoms with Gasteiger partial charge in [0.2, 0.25) is 0 Å². The summed E-state index contributed by atoms with van der Waals surface area (Å²) in [6, 6.07) is 0. The van der Waals surface area contributed by atoms with E-state index >= 15 is 0 Å². The molecule has 3 rings (SSSR count). The summed E-state index contributed by atoms with van der Waals surface area (Å²) >= 11 is 0. The van der Waals surface area contributed by atoms with Gasteiger partial charge in [-0.25, -0.2) is 8.42 Å². The standard InChI is InChI=1S/C9H17NO.C8H17NO2S/c1-8(2,3)10-5-4-9(10)6-11-7-9;1-8(2,3)9-4-6-12(10,11)7-5-9/h4-7H2,1-3H3;4-7H2,1-3H3. The van der Waals surface area contributed by atoms with Crippen molar-refractivity contribution in [2.75, 3.05) is 44.4 Å². The molecule has 0 aromatic rings. The molecular weight excluding hydrogens is 312 g/mol. The third-order valence-electron chi connectivity index (χ3n) is 5.22. The minimum Gasteiger partial charge on any atom is -0.377 e. The summed E-state index contributed by atoms with van der Waals surface area (Å²) < 4.78 is 27.5. The summed E-state index contributed by atoms with van der Waals surface area (Å²) in [5, 5.41) is 0. The van der Waals surface area contributed by atoms with Crippen LogP contribution < -0.4 is 0 Å². The van der Waals surface area contributed by atoms with Gasteiger partial charge in [0, 0.05) is 30.7 Å². The molecule has 0 unspecified atom stereocenters. The van der Waals surface area contributed by atoms with Crippen LogP contribution in [0.1, 0.15) is 48.0 Å². The largest absolute Gasteiger partial charge is 0.377 e. The van der Waals surface area contributed by atoms with Gasteiger partial charge in [-0.2, -0.15) is 0 Å². The molecule has 23 heavy (non-hydrogen) atoms. The average Bonchev–Trinajstić information content (AvgIpc) is 2.21. The highest BCUT2D eigenvalue weighted by Crippen LogP contribution is 2.41. The van der Waals surface area contributed by atoms with E-state index in [0.29, 0.717) is 35.7 Å². The number of hydrogen-bond donors (Lipinski definition) is 0. The summed E-state index contributed by atoms with van der Waals surface area (Å²) in [6.07, 6.45) is 1.34. The molecule has 0 aromatic carbocycles. The lowest BCUT2D eigenvalue weighted by molar-refractivity contribution is -0.219. The molecule has 0 radical (unpaired) electrons. The summed E-state index contributed by atoms with van der Waals surface area (Å²) in [4.78, 5) is 4.79. The quantitative estimate of drug-likeness (QED) is 0.669. The minimum absolute atomic E-state index is 0.107. The fraction of sp³-hybridized carbons (Fsp3) is 1.00. The molecule has 3 aliphatic rings. The van der Waals surface area contributed by atoms with Gasteiger partial charge in [-0.3, -0.25) is 9.80 Å². The molecule has 0 bridgehead atoms. The Hall–Kier alpha value is -0.170. The van der Waals surface area contributed by atoms with Gasteiger partial charge < -0.3 is 4.74 Å². The van der Waals surface area contributed by atoms with Gasteiger partial charge in [-0.1, -0.05) is 0 Å². The van der Waals surface area contributed by atoms with E-state index in [2.05, 4.69) is 51.3 Å². The van der Waals surface area contributed by atoms with Crippen molar-refractivity contribution in [3.05, 3.63) is 0 Å². The lowest BCUT2D eigenvalue weighted by Crippen LogP contribution is -2.74. The molecule has 0 N–H and O–H groups in total. The van der Waals surface area contributed by atoms with E-state index in [-0.39, 0.29) is 5.54 Å². The maximum atomic E-state index is 11.1. The van der Waals surface area contributed by atoms with Crippen LogP contribution >= 0.6 is 0 Å². The van der Waals surface area contributed by atoms with Crippen molar-refractivity contribution in [2.45, 2.75) is 64.6 Å². The summed E-state index contributed by atoms with van der Waals surface area (Å²) in [5.74, 6) is 0.647. The molecule has 3 saturated heterocycles. The van der Waals surface area contributed by atoms with Crippen LogP contribution in [0, 0.1) is 0 Å². The molecule has 136 valence electrons. The van der Waals surface area contributed by atoms with E-state index in [4.69, 9.17) is 4.74 Å². The fourth-order valence-corrected chi connectivity index (χ4v) is 4.81. The predicted molar refractivity (Wildman–Crippen MR) is 94.6 cm³/mol. The molecule has 0 amide bonds. The maximum Gasteiger partial charge on any atom is 0.152 e. The molecular formula is C17H34N2O3S. The van der Waals surface area contributed by atoms with E-state index in [1.807, 2.05) is 0 Å². The van der Waals surface area contributed by atoms with E-state index in [1.54, 1.807) is 0 Å². The molecule has 3 heterocycles. The van der Waals surface area contributed by atoms with Crippen molar-refractivity contribution in [3.63, 3.8) is 0 Å². The van der Waals surface area contributed by atoms with Gasteiger partial charge >= 0.3 is 0 Å². The van der Waals surface area contributed by atoms with E-state index in [0.717, 1.165) is 13.2 Å². The molecule has 1 spiro atoms. The summed E-state index contributed by atoms with van der Waals surface area (Å²) in [6.45, 7) is 17.8. The van der Waals surface area contributed by atoms with Crippen LogP contribution in [-0.2, 0) is 14.6 Å². The highest BCUT2D eigenvalue weighted by atomic mass is 32.2. The second-order valence-electron chi connectivity index (χ2n) is 9.10. The number of hydrogen-bond acceptors (Lipinski definition) is 5. The second kappa shape index (κ2) is 6.28. The number of sulfone groups is 1. The normalized spacial score (nSPS) is 27.6. The fourth-order valence-electron chi connectivity index (χ4n) is 3.61. The first-order valence-electron chi connectivity index (χ1n) is 8.67. The zero-order valence-electron chi connectivity index (χ0n) is 15.7. The molecule has 0 aliphatic carbocycles. The van der Waals surface area contributed by atoms with Crippen molar-refractivity contribution in [3.8, 4) is 0 Å². The average molecular weight is 347 g/mol. The molecule has 5 nitrogen and oxygen atoms in total. The smallest absolute Gasteiger partial charge is 0.152 e. The lowest BCUT2D eigenvalue weighted by Gasteiger charge is -2.62. The SMILES string of the molecule is CC(C)(C)N1CCC12COC2.CC(C)(C)N1CCS(=O)(=O)CC1. The van der Waals surface area contributed by atoms with Gasteiger partial charge in [0.1, 0.15) is 0 Å². The van der Waals surface area contributed by atoms with Gasteiger partial charge in [0.25, 0.3) is 0 Å². The topological polar surface area (TPSA) is 49.9 Å². The Balaban J connectivity index is 0.000000167. The molecule has 0 atom stereocenters. The highest BCUT2D eigenvalue weighted by Gasteiger charge is 2.54. The first-order valence-corrected chi connectivity index (χ1v) is 10.5. The Kier molecular flexibility index (Phi) is 5.23. The van der Waals surface area contributed by atoms with Gasteiger partial charge in [-0.05, 0) is 48.0 Å². The Labute approximate surface area is 142 Å². The van der Waals surface area contributed by atoms with E-state index < -0.39 is 9.84 Å². The number of nitrogens with zero attached hydrogens (tertiary/aromatic N) is 2. The van der Waals surface area contributed by atoms with Crippen LogP contribution in [-0.4, -0.2) is 79.2 Å². The third kappa shape index (κ3) is 4.47. The zero-order valence-corrected chi connectivity index (χ0v) is 16.5. The van der Waals surface area contributed by atoms with Crippen molar-refractivity contribution in [1.82, 2.24) is 9.80 Å². The summed E-state index contributed by atoms with van der Waals surface area (Å²) in [5.41, 5.74) is 0.899. The van der Waals surface area contributed by atoms with Crippen molar-refractivity contribution < 1.29 is 13.2 Å².